The van der Waals surface area contributed by atoms with Crippen LogP contribution in [0.25, 0.3) is 22.2 Å². The maximum Gasteiger partial charge on any atom is 0.260 e. The van der Waals surface area contributed by atoms with Crippen LogP contribution in [0.1, 0.15) is 5.56 Å². The molecule has 2 aromatic heterocycles. The molecule has 0 aliphatic rings. The summed E-state index contributed by atoms with van der Waals surface area (Å²) in [6, 6.07) is 9.59. The van der Waals surface area contributed by atoms with Gasteiger partial charge in [0.25, 0.3) is 5.56 Å². The molecule has 0 radical (unpaired) electrons. The molecule has 0 aliphatic heterocycles. The normalized spacial score (nSPS) is 11.1. The summed E-state index contributed by atoms with van der Waals surface area (Å²) in [5.74, 6) is 0. The summed E-state index contributed by atoms with van der Waals surface area (Å²) in [7, 11) is 0. The first-order valence-electron chi connectivity index (χ1n) is 7.27. The van der Waals surface area contributed by atoms with Crippen LogP contribution in [-0.4, -0.2) is 32.5 Å². The van der Waals surface area contributed by atoms with E-state index in [0.29, 0.717) is 16.4 Å². The van der Waals surface area contributed by atoms with Gasteiger partial charge < -0.3 is 5.11 Å². The first kappa shape index (κ1) is 15.7. The number of aliphatic hydroxyl groups excluding tert-OH is 1. The molecule has 0 spiro atoms. The van der Waals surface area contributed by atoms with Gasteiger partial charge in [-0.25, -0.2) is 9.97 Å². The lowest BCUT2D eigenvalue weighted by molar-refractivity contribution is 0.276. The fourth-order valence-electron chi connectivity index (χ4n) is 2.62. The van der Waals surface area contributed by atoms with Crippen LogP contribution >= 0.6 is 11.8 Å². The number of benzene rings is 1. The average Bonchev–Trinajstić information content (AvgIpc) is 2.57. The highest BCUT2D eigenvalue weighted by molar-refractivity contribution is 7.98. The van der Waals surface area contributed by atoms with E-state index in [2.05, 4.69) is 9.97 Å². The highest BCUT2D eigenvalue weighted by Gasteiger charge is 2.14. The molecule has 0 atom stereocenters. The van der Waals surface area contributed by atoms with Gasteiger partial charge in [0.1, 0.15) is 5.65 Å². The van der Waals surface area contributed by atoms with Gasteiger partial charge in [-0.3, -0.25) is 9.36 Å². The molecule has 0 aliphatic carbocycles. The zero-order valence-electron chi connectivity index (χ0n) is 13.0. The second-order valence-electron chi connectivity index (χ2n) is 5.19. The van der Waals surface area contributed by atoms with E-state index in [-0.39, 0.29) is 18.7 Å². The summed E-state index contributed by atoms with van der Waals surface area (Å²) in [5.41, 5.74) is 2.93. The summed E-state index contributed by atoms with van der Waals surface area (Å²) in [5, 5.41) is 10.7. The smallest absolute Gasteiger partial charge is 0.260 e. The first-order chi connectivity index (χ1) is 11.2. The van der Waals surface area contributed by atoms with Crippen LogP contribution in [0.3, 0.4) is 0 Å². The van der Waals surface area contributed by atoms with Gasteiger partial charge in [-0.15, -0.1) is 0 Å². The maximum atomic E-state index is 12.9. The van der Waals surface area contributed by atoms with Crippen molar-refractivity contribution >= 4 is 22.8 Å². The molecule has 0 saturated carbocycles. The molecular formula is C17H17N3O2S. The van der Waals surface area contributed by atoms with Gasteiger partial charge >= 0.3 is 0 Å². The van der Waals surface area contributed by atoms with Crippen molar-refractivity contribution in [2.24, 2.45) is 0 Å². The molecule has 0 unspecified atom stereocenters. The van der Waals surface area contributed by atoms with Crippen molar-refractivity contribution in [1.29, 1.82) is 0 Å². The van der Waals surface area contributed by atoms with Crippen LogP contribution < -0.4 is 5.56 Å². The van der Waals surface area contributed by atoms with Crippen molar-refractivity contribution < 1.29 is 5.11 Å². The van der Waals surface area contributed by atoms with Crippen molar-refractivity contribution in [3.05, 3.63) is 52.4 Å². The third-order valence-electron chi connectivity index (χ3n) is 3.75. The third-order valence-corrected chi connectivity index (χ3v) is 4.31. The molecule has 3 aromatic rings. The van der Waals surface area contributed by atoms with Crippen LogP contribution in [0.4, 0.5) is 0 Å². The Balaban J connectivity index is 2.35. The van der Waals surface area contributed by atoms with Gasteiger partial charge in [0.15, 0.2) is 5.16 Å². The summed E-state index contributed by atoms with van der Waals surface area (Å²) >= 11 is 1.42. The van der Waals surface area contributed by atoms with Gasteiger partial charge in [-0.1, -0.05) is 36.0 Å². The Bertz CT molecular complexity index is 921. The summed E-state index contributed by atoms with van der Waals surface area (Å²) in [6.45, 7) is 2.06. The van der Waals surface area contributed by atoms with Crippen molar-refractivity contribution in [2.45, 2.75) is 18.6 Å². The number of rotatable bonds is 4. The van der Waals surface area contributed by atoms with E-state index in [1.54, 1.807) is 6.20 Å². The highest BCUT2D eigenvalue weighted by atomic mass is 32.2. The molecule has 0 bridgehead atoms. The van der Waals surface area contributed by atoms with E-state index in [9.17, 15) is 9.90 Å². The van der Waals surface area contributed by atoms with Gasteiger partial charge in [-0.2, -0.15) is 0 Å². The summed E-state index contributed by atoms with van der Waals surface area (Å²) in [4.78, 5) is 21.6. The molecule has 6 heteroatoms. The molecule has 0 saturated heterocycles. The fourth-order valence-corrected chi connectivity index (χ4v) is 2.95. The molecule has 1 aromatic carbocycles. The number of aromatic nitrogens is 3. The van der Waals surface area contributed by atoms with Crippen molar-refractivity contribution in [2.75, 3.05) is 12.9 Å². The monoisotopic (exact) mass is 327 g/mol. The van der Waals surface area contributed by atoms with Gasteiger partial charge in [0.05, 0.1) is 13.2 Å². The van der Waals surface area contributed by atoms with E-state index < -0.39 is 0 Å². The zero-order chi connectivity index (χ0) is 16.4. The SMILES string of the molecule is CSc1ncc2cc(-c3ccccc3C)c(=O)n(CCO)c2n1. The number of fused-ring (bicyclic) bond motifs is 1. The number of aryl methyl sites for hydroxylation is 1. The van der Waals surface area contributed by atoms with E-state index in [1.165, 1.54) is 16.3 Å². The average molecular weight is 327 g/mol. The molecule has 0 amide bonds. The largest absolute Gasteiger partial charge is 0.395 e. The van der Waals surface area contributed by atoms with E-state index in [0.717, 1.165) is 16.5 Å². The van der Waals surface area contributed by atoms with E-state index in [1.807, 2.05) is 43.5 Å². The lowest BCUT2D eigenvalue weighted by atomic mass is 10.0. The Morgan fingerprint density at radius 1 is 1.26 bits per heavy atom. The molecule has 2 heterocycles. The van der Waals surface area contributed by atoms with E-state index in [4.69, 9.17) is 0 Å². The standard InChI is InChI=1S/C17H17N3O2S/c1-11-5-3-4-6-13(11)14-9-12-10-18-17(23-2)19-15(12)20(7-8-21)16(14)22/h3-6,9-10,21H,7-8H2,1-2H3. The van der Waals surface area contributed by atoms with Crippen LogP contribution in [0.2, 0.25) is 0 Å². The van der Waals surface area contributed by atoms with Crippen molar-refractivity contribution in [1.82, 2.24) is 14.5 Å². The molecule has 3 rings (SSSR count). The summed E-state index contributed by atoms with van der Waals surface area (Å²) < 4.78 is 1.53. The Morgan fingerprint density at radius 2 is 2.04 bits per heavy atom. The van der Waals surface area contributed by atoms with E-state index >= 15 is 0 Å². The predicted molar refractivity (Wildman–Crippen MR) is 92.8 cm³/mol. The lowest BCUT2D eigenvalue weighted by Crippen LogP contribution is -2.24. The molecule has 118 valence electrons. The van der Waals surface area contributed by atoms with Crippen LogP contribution in [0.15, 0.2) is 46.5 Å². The topological polar surface area (TPSA) is 68.0 Å². The minimum absolute atomic E-state index is 0.120. The van der Waals surface area contributed by atoms with Crippen LogP contribution in [0.5, 0.6) is 0 Å². The Hall–Kier alpha value is -2.18. The molecule has 0 fully saturated rings. The van der Waals surface area contributed by atoms with Crippen molar-refractivity contribution in [3.63, 3.8) is 0 Å². The zero-order valence-corrected chi connectivity index (χ0v) is 13.8. The third kappa shape index (κ3) is 2.87. The molecule has 23 heavy (non-hydrogen) atoms. The number of nitrogens with zero attached hydrogens (tertiary/aromatic N) is 3. The van der Waals surface area contributed by atoms with Crippen LogP contribution in [0, 0.1) is 6.92 Å². The molecule has 5 nitrogen and oxygen atoms in total. The molecule has 1 N–H and O–H groups in total. The predicted octanol–water partition coefficient (Wildman–Crippen LogP) is 2.48. The minimum Gasteiger partial charge on any atom is -0.395 e. The number of hydrogen-bond donors (Lipinski definition) is 1. The Morgan fingerprint density at radius 3 is 2.74 bits per heavy atom. The van der Waals surface area contributed by atoms with Gasteiger partial charge in [0, 0.05) is 17.1 Å². The number of pyridine rings is 1. The highest BCUT2D eigenvalue weighted by Crippen LogP contribution is 2.23. The Labute approximate surface area is 138 Å². The minimum atomic E-state index is -0.147. The Kier molecular flexibility index (Phi) is 4.45. The van der Waals surface area contributed by atoms with Gasteiger partial charge in [0.2, 0.25) is 0 Å². The number of aliphatic hydroxyl groups is 1. The number of hydrogen-bond acceptors (Lipinski definition) is 5. The first-order valence-corrected chi connectivity index (χ1v) is 8.49. The quantitative estimate of drug-likeness (QED) is 0.589. The lowest BCUT2D eigenvalue weighted by Gasteiger charge is -2.13. The van der Waals surface area contributed by atoms with Crippen LogP contribution in [-0.2, 0) is 6.54 Å². The fraction of sp³-hybridized carbons (Fsp3) is 0.235. The molecular weight excluding hydrogens is 310 g/mol. The second kappa shape index (κ2) is 6.52. The second-order valence-corrected chi connectivity index (χ2v) is 5.96. The van der Waals surface area contributed by atoms with Gasteiger partial charge in [-0.05, 0) is 30.4 Å². The number of thioether (sulfide) groups is 1. The van der Waals surface area contributed by atoms with Crippen molar-refractivity contribution in [3.8, 4) is 11.1 Å². The maximum absolute atomic E-state index is 12.9. The summed E-state index contributed by atoms with van der Waals surface area (Å²) in [6.07, 6.45) is 3.61.